The zero-order valence-electron chi connectivity index (χ0n) is 12.7. The van der Waals surface area contributed by atoms with Crippen LogP contribution in [0.15, 0.2) is 47.1 Å². The van der Waals surface area contributed by atoms with Crippen LogP contribution in [0.2, 0.25) is 0 Å². The van der Waals surface area contributed by atoms with E-state index in [2.05, 4.69) is 0 Å². The molecule has 1 aromatic carbocycles. The van der Waals surface area contributed by atoms with Crippen LogP contribution in [0.1, 0.15) is 40.2 Å². The largest absolute Gasteiger partial charge is 0.486 e. The fraction of sp³-hybridized carbons (Fsp3) is 0.333. The number of Topliss-reactive ketones (excluding diaryl/α,β-unsaturated/α-hetero) is 1. The van der Waals surface area contributed by atoms with Gasteiger partial charge in [-0.3, -0.25) is 9.59 Å². The Morgan fingerprint density at radius 2 is 1.87 bits per heavy atom. The molecule has 5 heteroatoms. The fourth-order valence-electron chi connectivity index (χ4n) is 3.40. The molecular formula is C18H17NO4. The van der Waals surface area contributed by atoms with Gasteiger partial charge in [-0.15, -0.1) is 0 Å². The first-order chi connectivity index (χ1) is 11.2. The van der Waals surface area contributed by atoms with Crippen molar-refractivity contribution in [1.82, 2.24) is 4.90 Å². The maximum atomic E-state index is 12.4. The van der Waals surface area contributed by atoms with Crippen LogP contribution in [-0.2, 0) is 0 Å². The van der Waals surface area contributed by atoms with Crippen LogP contribution in [0.3, 0.4) is 0 Å². The Balaban J connectivity index is 1.50. The predicted octanol–water partition coefficient (Wildman–Crippen LogP) is 2.92. The Bertz CT molecular complexity index is 742. The number of carbonyl (C=O) groups excluding carboxylic acids is 2. The van der Waals surface area contributed by atoms with Crippen molar-refractivity contribution < 1.29 is 18.7 Å². The summed E-state index contributed by atoms with van der Waals surface area (Å²) in [6.45, 7) is 1.13. The number of likely N-dealkylation sites (tertiary alicyclic amines) is 1. The summed E-state index contributed by atoms with van der Waals surface area (Å²) in [5.41, 5.74) is 0.179. The van der Waals surface area contributed by atoms with E-state index in [9.17, 15) is 9.59 Å². The molecule has 0 N–H and O–H groups in total. The number of carbonyl (C=O) groups is 2. The minimum absolute atomic E-state index is 0.104. The standard InChI is InChI=1S/C18H17NO4/c20-14-12-18(23-15-5-2-1-4-13(14)15)7-9-19(10-8-18)17(21)16-6-3-11-22-16/h1-6,11H,7-10,12H2. The van der Waals surface area contributed by atoms with Gasteiger partial charge in [0.15, 0.2) is 11.5 Å². The number of ether oxygens (including phenoxy) is 1. The van der Waals surface area contributed by atoms with E-state index >= 15 is 0 Å². The lowest BCUT2D eigenvalue weighted by Crippen LogP contribution is -2.52. The van der Waals surface area contributed by atoms with E-state index in [1.165, 1.54) is 6.26 Å². The summed E-state index contributed by atoms with van der Waals surface area (Å²) in [6, 6.07) is 10.8. The molecule has 1 amide bonds. The highest BCUT2D eigenvalue weighted by atomic mass is 16.5. The van der Waals surface area contributed by atoms with Gasteiger partial charge in [0.1, 0.15) is 11.4 Å². The number of para-hydroxylation sites is 1. The van der Waals surface area contributed by atoms with Crippen molar-refractivity contribution in [1.29, 1.82) is 0 Å². The summed E-state index contributed by atoms with van der Waals surface area (Å²) in [5.74, 6) is 1.03. The van der Waals surface area contributed by atoms with E-state index in [0.29, 0.717) is 49.4 Å². The molecule has 0 aliphatic carbocycles. The third-order valence-corrected chi connectivity index (χ3v) is 4.69. The van der Waals surface area contributed by atoms with Crippen LogP contribution in [-0.4, -0.2) is 35.3 Å². The number of amides is 1. The summed E-state index contributed by atoms with van der Waals surface area (Å²) in [5, 5.41) is 0. The highest BCUT2D eigenvalue weighted by molar-refractivity contribution is 6.00. The number of fused-ring (bicyclic) bond motifs is 1. The topological polar surface area (TPSA) is 59.8 Å². The lowest BCUT2D eigenvalue weighted by molar-refractivity contribution is -0.00641. The van der Waals surface area contributed by atoms with E-state index < -0.39 is 5.60 Å². The first-order valence-electron chi connectivity index (χ1n) is 7.81. The van der Waals surface area contributed by atoms with Gasteiger partial charge >= 0.3 is 0 Å². The molecule has 1 spiro atoms. The van der Waals surface area contributed by atoms with Crippen LogP contribution < -0.4 is 4.74 Å². The molecule has 23 heavy (non-hydrogen) atoms. The quantitative estimate of drug-likeness (QED) is 0.812. The molecule has 2 aromatic rings. The number of hydrogen-bond donors (Lipinski definition) is 0. The molecule has 3 heterocycles. The van der Waals surface area contributed by atoms with Crippen molar-refractivity contribution in [3.63, 3.8) is 0 Å². The van der Waals surface area contributed by atoms with Crippen molar-refractivity contribution in [3.05, 3.63) is 54.0 Å². The van der Waals surface area contributed by atoms with E-state index in [1.54, 1.807) is 23.1 Å². The molecule has 0 atom stereocenters. The average Bonchev–Trinajstić information content (AvgIpc) is 3.09. The number of benzene rings is 1. The molecule has 0 bridgehead atoms. The van der Waals surface area contributed by atoms with Crippen LogP contribution in [0, 0.1) is 0 Å². The maximum absolute atomic E-state index is 12.4. The lowest BCUT2D eigenvalue weighted by Gasteiger charge is -2.43. The highest BCUT2D eigenvalue weighted by Gasteiger charge is 2.43. The Hall–Kier alpha value is -2.56. The Morgan fingerprint density at radius 1 is 1.09 bits per heavy atom. The molecule has 2 aliphatic rings. The van der Waals surface area contributed by atoms with Gasteiger partial charge in [0.25, 0.3) is 5.91 Å². The Kier molecular flexibility index (Phi) is 3.22. The third-order valence-electron chi connectivity index (χ3n) is 4.69. The zero-order valence-corrected chi connectivity index (χ0v) is 12.7. The number of ketones is 1. The maximum Gasteiger partial charge on any atom is 0.289 e. The molecule has 1 saturated heterocycles. The SMILES string of the molecule is O=C1CC2(CCN(C(=O)c3ccco3)CC2)Oc2ccccc21. The molecule has 0 radical (unpaired) electrons. The summed E-state index contributed by atoms with van der Waals surface area (Å²) >= 11 is 0. The number of furan rings is 1. The summed E-state index contributed by atoms with van der Waals surface area (Å²) in [6.07, 6.45) is 3.18. The van der Waals surface area contributed by atoms with Gasteiger partial charge in [0.05, 0.1) is 18.2 Å². The van der Waals surface area contributed by atoms with Crippen molar-refractivity contribution in [2.45, 2.75) is 24.9 Å². The van der Waals surface area contributed by atoms with Crippen molar-refractivity contribution >= 4 is 11.7 Å². The second-order valence-electron chi connectivity index (χ2n) is 6.15. The highest BCUT2D eigenvalue weighted by Crippen LogP contribution is 2.39. The van der Waals surface area contributed by atoms with Crippen molar-refractivity contribution in [3.8, 4) is 5.75 Å². The minimum Gasteiger partial charge on any atom is -0.486 e. The molecule has 2 aliphatic heterocycles. The van der Waals surface area contributed by atoms with Crippen LogP contribution in [0.5, 0.6) is 5.75 Å². The van der Waals surface area contributed by atoms with Crippen molar-refractivity contribution in [2.24, 2.45) is 0 Å². The average molecular weight is 311 g/mol. The monoisotopic (exact) mass is 311 g/mol. The van der Waals surface area contributed by atoms with Gasteiger partial charge in [0, 0.05) is 25.9 Å². The third kappa shape index (κ3) is 2.42. The molecule has 5 nitrogen and oxygen atoms in total. The van der Waals surface area contributed by atoms with Gasteiger partial charge in [0.2, 0.25) is 0 Å². The normalized spacial score (nSPS) is 19.3. The zero-order chi connectivity index (χ0) is 15.9. The molecule has 1 aromatic heterocycles. The molecule has 4 rings (SSSR count). The number of nitrogens with zero attached hydrogens (tertiary/aromatic N) is 1. The number of hydrogen-bond acceptors (Lipinski definition) is 4. The van der Waals surface area contributed by atoms with Gasteiger partial charge in [-0.2, -0.15) is 0 Å². The second kappa shape index (κ2) is 5.26. The Labute approximate surface area is 133 Å². The van der Waals surface area contributed by atoms with Crippen molar-refractivity contribution in [2.75, 3.05) is 13.1 Å². The lowest BCUT2D eigenvalue weighted by atomic mass is 9.82. The second-order valence-corrected chi connectivity index (χ2v) is 6.15. The van der Waals surface area contributed by atoms with Gasteiger partial charge in [-0.05, 0) is 24.3 Å². The summed E-state index contributed by atoms with van der Waals surface area (Å²) in [7, 11) is 0. The smallest absolute Gasteiger partial charge is 0.289 e. The molecule has 0 unspecified atom stereocenters. The number of rotatable bonds is 1. The Morgan fingerprint density at radius 3 is 2.61 bits per heavy atom. The fourth-order valence-corrected chi connectivity index (χ4v) is 3.40. The van der Waals surface area contributed by atoms with E-state index in [-0.39, 0.29) is 11.7 Å². The van der Waals surface area contributed by atoms with Gasteiger partial charge in [-0.25, -0.2) is 0 Å². The summed E-state index contributed by atoms with van der Waals surface area (Å²) in [4.78, 5) is 26.5. The van der Waals surface area contributed by atoms with Crippen LogP contribution in [0.25, 0.3) is 0 Å². The molecule has 0 saturated carbocycles. The predicted molar refractivity (Wildman–Crippen MR) is 82.6 cm³/mol. The summed E-state index contributed by atoms with van der Waals surface area (Å²) < 4.78 is 11.3. The molecule has 118 valence electrons. The minimum atomic E-state index is -0.481. The van der Waals surface area contributed by atoms with Crippen LogP contribution in [0.4, 0.5) is 0 Å². The molecular weight excluding hydrogens is 294 g/mol. The molecule has 1 fully saturated rings. The van der Waals surface area contributed by atoms with E-state index in [1.807, 2.05) is 18.2 Å². The van der Waals surface area contributed by atoms with Gasteiger partial charge < -0.3 is 14.1 Å². The number of piperidine rings is 1. The van der Waals surface area contributed by atoms with E-state index in [0.717, 1.165) is 0 Å². The van der Waals surface area contributed by atoms with Crippen LogP contribution >= 0.6 is 0 Å². The van der Waals surface area contributed by atoms with E-state index in [4.69, 9.17) is 9.15 Å². The first kappa shape index (κ1) is 14.1. The first-order valence-corrected chi connectivity index (χ1v) is 7.81. The van der Waals surface area contributed by atoms with Gasteiger partial charge in [-0.1, -0.05) is 12.1 Å².